The highest BCUT2D eigenvalue weighted by molar-refractivity contribution is 5.95. The first-order valence-corrected chi connectivity index (χ1v) is 8.72. The van der Waals surface area contributed by atoms with Crippen LogP contribution in [-0.4, -0.2) is 42.5 Å². The number of carbonyl (C=O) groups excluding carboxylic acids is 1. The van der Waals surface area contributed by atoms with Crippen LogP contribution in [-0.2, 0) is 0 Å². The van der Waals surface area contributed by atoms with Gasteiger partial charge in [-0.3, -0.25) is 9.89 Å². The van der Waals surface area contributed by atoms with Crippen LogP contribution in [0.25, 0.3) is 11.4 Å². The first-order chi connectivity index (χ1) is 12.6. The molecule has 3 aromatic rings. The van der Waals surface area contributed by atoms with Gasteiger partial charge in [0.05, 0.1) is 17.3 Å². The van der Waals surface area contributed by atoms with Crippen molar-refractivity contribution in [2.45, 2.75) is 32.7 Å². The van der Waals surface area contributed by atoms with Gasteiger partial charge in [-0.1, -0.05) is 30.3 Å². The van der Waals surface area contributed by atoms with Crippen LogP contribution in [0.1, 0.15) is 46.6 Å². The molecule has 1 fully saturated rings. The molecular weight excluding hydrogens is 328 g/mol. The molecule has 0 radical (unpaired) electrons. The predicted octanol–water partition coefficient (Wildman–Crippen LogP) is 2.86. The zero-order chi connectivity index (χ0) is 18.1. The van der Waals surface area contributed by atoms with Gasteiger partial charge in [0.1, 0.15) is 5.82 Å². The van der Waals surface area contributed by atoms with Crippen LogP contribution in [0.5, 0.6) is 0 Å². The Bertz CT molecular complexity index is 936. The normalized spacial score (nSPS) is 16.8. The minimum Gasteiger partial charge on any atom is -0.328 e. The molecule has 1 atom stereocenters. The van der Waals surface area contributed by atoms with Crippen molar-refractivity contribution in [1.29, 1.82) is 0 Å². The summed E-state index contributed by atoms with van der Waals surface area (Å²) < 4.78 is 0. The molecule has 1 aliphatic rings. The third kappa shape index (κ3) is 2.96. The van der Waals surface area contributed by atoms with E-state index in [1.165, 1.54) is 0 Å². The van der Waals surface area contributed by atoms with Crippen LogP contribution in [0.3, 0.4) is 0 Å². The molecule has 132 valence electrons. The molecule has 26 heavy (non-hydrogen) atoms. The Morgan fingerprint density at radius 2 is 2.00 bits per heavy atom. The highest BCUT2D eigenvalue weighted by Gasteiger charge is 2.34. The summed E-state index contributed by atoms with van der Waals surface area (Å²) in [5.41, 5.74) is 2.15. The second-order valence-electron chi connectivity index (χ2n) is 6.49. The fraction of sp³-hybridized carbons (Fsp3) is 0.316. The molecule has 0 spiro atoms. The van der Waals surface area contributed by atoms with E-state index in [0.29, 0.717) is 29.5 Å². The van der Waals surface area contributed by atoms with Crippen molar-refractivity contribution in [3.63, 3.8) is 0 Å². The van der Waals surface area contributed by atoms with Crippen molar-refractivity contribution in [3.05, 3.63) is 59.4 Å². The lowest BCUT2D eigenvalue weighted by Crippen LogP contribution is -2.32. The van der Waals surface area contributed by atoms with Gasteiger partial charge in [-0.05, 0) is 26.7 Å². The van der Waals surface area contributed by atoms with E-state index in [4.69, 9.17) is 0 Å². The quantitative estimate of drug-likeness (QED) is 0.786. The van der Waals surface area contributed by atoms with E-state index in [1.807, 2.05) is 49.1 Å². The van der Waals surface area contributed by atoms with Gasteiger partial charge in [0.25, 0.3) is 5.91 Å². The molecule has 4 rings (SSSR count). The van der Waals surface area contributed by atoms with Crippen molar-refractivity contribution in [1.82, 2.24) is 30.0 Å². The van der Waals surface area contributed by atoms with Crippen molar-refractivity contribution in [2.75, 3.05) is 6.54 Å². The van der Waals surface area contributed by atoms with Crippen molar-refractivity contribution < 1.29 is 4.79 Å². The number of likely N-dealkylation sites (tertiary alicyclic amines) is 1. The lowest BCUT2D eigenvalue weighted by Gasteiger charge is -2.23. The molecule has 1 N–H and O–H groups in total. The number of amides is 1. The lowest BCUT2D eigenvalue weighted by atomic mass is 10.1. The van der Waals surface area contributed by atoms with E-state index in [0.717, 1.165) is 24.2 Å². The van der Waals surface area contributed by atoms with Crippen LogP contribution in [0.2, 0.25) is 0 Å². The molecule has 1 unspecified atom stereocenters. The number of H-pyrrole nitrogens is 1. The van der Waals surface area contributed by atoms with Gasteiger partial charge < -0.3 is 4.90 Å². The number of nitrogens with one attached hydrogen (secondary N) is 1. The van der Waals surface area contributed by atoms with Gasteiger partial charge in [0.15, 0.2) is 11.6 Å². The van der Waals surface area contributed by atoms with Gasteiger partial charge in [-0.15, -0.1) is 0 Å². The fourth-order valence-corrected chi connectivity index (χ4v) is 3.35. The summed E-state index contributed by atoms with van der Waals surface area (Å²) in [5, 5.41) is 7.10. The van der Waals surface area contributed by atoms with E-state index >= 15 is 0 Å². The molecule has 1 aromatic carbocycles. The summed E-state index contributed by atoms with van der Waals surface area (Å²) in [5.74, 6) is 1.99. The molecule has 1 saturated heterocycles. The van der Waals surface area contributed by atoms with Gasteiger partial charge in [0.2, 0.25) is 0 Å². The Morgan fingerprint density at radius 3 is 2.69 bits per heavy atom. The minimum atomic E-state index is -0.0966. The van der Waals surface area contributed by atoms with Gasteiger partial charge >= 0.3 is 0 Å². The monoisotopic (exact) mass is 348 g/mol. The maximum Gasteiger partial charge on any atom is 0.257 e. The number of aromatic amines is 1. The molecule has 2 aromatic heterocycles. The van der Waals surface area contributed by atoms with E-state index in [1.54, 1.807) is 6.20 Å². The maximum absolute atomic E-state index is 13.1. The van der Waals surface area contributed by atoms with Crippen LogP contribution in [0, 0.1) is 13.8 Å². The number of benzene rings is 1. The summed E-state index contributed by atoms with van der Waals surface area (Å²) in [6, 6.07) is 9.66. The molecule has 1 aliphatic heterocycles. The number of rotatable bonds is 3. The number of hydrogen-bond acceptors (Lipinski definition) is 5. The first-order valence-electron chi connectivity index (χ1n) is 8.72. The molecule has 0 aliphatic carbocycles. The first kappa shape index (κ1) is 16.4. The molecular formula is C19H20N6O. The molecule has 0 saturated carbocycles. The van der Waals surface area contributed by atoms with Crippen molar-refractivity contribution >= 4 is 5.91 Å². The standard InChI is InChI=1S/C19H20N6O/c1-12-15(11-20-17(21-12)14-7-4-3-5-8-14)19(26)25-10-6-9-16(25)18-22-13(2)23-24-18/h3-5,7-8,11,16H,6,9-10H2,1-2H3,(H,22,23,24). The second-order valence-corrected chi connectivity index (χ2v) is 6.49. The van der Waals surface area contributed by atoms with E-state index in [2.05, 4.69) is 25.1 Å². The average Bonchev–Trinajstić information content (AvgIpc) is 3.30. The number of hydrogen-bond donors (Lipinski definition) is 1. The molecule has 0 bridgehead atoms. The van der Waals surface area contributed by atoms with Gasteiger partial charge in [-0.25, -0.2) is 15.0 Å². The average molecular weight is 348 g/mol. The zero-order valence-electron chi connectivity index (χ0n) is 14.8. The van der Waals surface area contributed by atoms with E-state index < -0.39 is 0 Å². The van der Waals surface area contributed by atoms with Crippen LogP contribution in [0.4, 0.5) is 0 Å². The fourth-order valence-electron chi connectivity index (χ4n) is 3.35. The van der Waals surface area contributed by atoms with Crippen LogP contribution < -0.4 is 0 Å². The van der Waals surface area contributed by atoms with Gasteiger partial charge in [0, 0.05) is 18.3 Å². The second kappa shape index (κ2) is 6.67. The zero-order valence-corrected chi connectivity index (χ0v) is 14.8. The lowest BCUT2D eigenvalue weighted by molar-refractivity contribution is 0.0728. The van der Waals surface area contributed by atoms with E-state index in [-0.39, 0.29) is 11.9 Å². The molecule has 7 nitrogen and oxygen atoms in total. The topological polar surface area (TPSA) is 87.7 Å². The summed E-state index contributed by atoms with van der Waals surface area (Å²) in [6.45, 7) is 4.40. The minimum absolute atomic E-state index is 0.0629. The van der Waals surface area contributed by atoms with E-state index in [9.17, 15) is 4.79 Å². The Morgan fingerprint density at radius 1 is 1.19 bits per heavy atom. The smallest absolute Gasteiger partial charge is 0.257 e. The SMILES string of the molecule is Cc1nc(C2CCCN2C(=O)c2cnc(-c3ccccc3)nc2C)n[nH]1. The number of carbonyl (C=O) groups is 1. The summed E-state index contributed by atoms with van der Waals surface area (Å²) in [4.78, 5) is 28.3. The number of nitrogens with zero attached hydrogens (tertiary/aromatic N) is 5. The third-order valence-electron chi connectivity index (χ3n) is 4.67. The largest absolute Gasteiger partial charge is 0.328 e. The van der Waals surface area contributed by atoms with Gasteiger partial charge in [-0.2, -0.15) is 5.10 Å². The summed E-state index contributed by atoms with van der Waals surface area (Å²) in [7, 11) is 0. The highest BCUT2D eigenvalue weighted by atomic mass is 16.2. The number of aryl methyl sites for hydroxylation is 2. The highest BCUT2D eigenvalue weighted by Crippen LogP contribution is 2.31. The Labute approximate surface area is 151 Å². The molecule has 3 heterocycles. The summed E-state index contributed by atoms with van der Waals surface area (Å²) >= 11 is 0. The Kier molecular flexibility index (Phi) is 4.20. The Balaban J connectivity index is 1.61. The third-order valence-corrected chi connectivity index (χ3v) is 4.67. The molecule has 1 amide bonds. The Hall–Kier alpha value is -3.09. The van der Waals surface area contributed by atoms with Crippen molar-refractivity contribution in [3.8, 4) is 11.4 Å². The van der Waals surface area contributed by atoms with Crippen molar-refractivity contribution in [2.24, 2.45) is 0 Å². The predicted molar refractivity (Wildman–Crippen MR) is 96.3 cm³/mol. The van der Waals surface area contributed by atoms with Crippen LogP contribution in [0.15, 0.2) is 36.5 Å². The maximum atomic E-state index is 13.1. The molecule has 7 heteroatoms. The summed E-state index contributed by atoms with van der Waals surface area (Å²) in [6.07, 6.45) is 3.43. The van der Waals surface area contributed by atoms with Crippen LogP contribution >= 0.6 is 0 Å². The number of aromatic nitrogens is 5.